The van der Waals surface area contributed by atoms with Gasteiger partial charge in [0.1, 0.15) is 5.82 Å². The Morgan fingerprint density at radius 1 is 1.09 bits per heavy atom. The molecular weight excluding hydrogens is 628 g/mol. The highest BCUT2D eigenvalue weighted by molar-refractivity contribution is 6.30. The number of halogens is 5. The smallest absolute Gasteiger partial charge is 0.444 e. The third kappa shape index (κ3) is 5.93. The first-order chi connectivity index (χ1) is 22.0. The van der Waals surface area contributed by atoms with Gasteiger partial charge in [-0.05, 0) is 80.6 Å². The molecule has 1 saturated heterocycles. The fourth-order valence-electron chi connectivity index (χ4n) is 6.40. The molecule has 1 aliphatic carbocycles. The largest absolute Gasteiger partial charge is 0.471 e. The number of alkyl halides is 3. The monoisotopic (exact) mass is 658 g/mol. The average molecular weight is 659 g/mol. The van der Waals surface area contributed by atoms with Gasteiger partial charge in [-0.2, -0.15) is 18.2 Å². The van der Waals surface area contributed by atoms with Gasteiger partial charge in [0.05, 0.1) is 16.9 Å². The summed E-state index contributed by atoms with van der Waals surface area (Å²) in [6.45, 7) is 3.85. The van der Waals surface area contributed by atoms with E-state index >= 15 is 0 Å². The van der Waals surface area contributed by atoms with E-state index in [1.54, 1.807) is 32.2 Å². The molecule has 2 aliphatic heterocycles. The predicted octanol–water partition coefficient (Wildman–Crippen LogP) is 7.69. The second-order valence-corrected chi connectivity index (χ2v) is 12.7. The highest BCUT2D eigenvalue weighted by atomic mass is 35.5. The van der Waals surface area contributed by atoms with Crippen molar-refractivity contribution in [3.63, 3.8) is 0 Å². The predicted molar refractivity (Wildman–Crippen MR) is 159 cm³/mol. The second-order valence-electron chi connectivity index (χ2n) is 12.3. The van der Waals surface area contributed by atoms with Crippen LogP contribution in [0.25, 0.3) is 11.4 Å². The quantitative estimate of drug-likeness (QED) is 0.178. The molecule has 0 bridgehead atoms. The van der Waals surface area contributed by atoms with Gasteiger partial charge in [-0.3, -0.25) is 9.88 Å². The summed E-state index contributed by atoms with van der Waals surface area (Å²) in [5.74, 6) is -1.98. The standard InChI is InChI=1S/C33H31ClF4N4O4/c1-31(24-7-6-22(34)15-25(24)35)44-27-5-3-4-23(28(27)45-31)19-8-12-42(13-9-19)18-26-20(16-32(43-2)10-11-32)14-21(17-39-26)29-40-30(46-41-29)33(36,37)38/h3-7,14-15,17,19H,8-13,16,18H2,1-2H3/t31-/m0/s1. The van der Waals surface area contributed by atoms with Crippen LogP contribution in [0.5, 0.6) is 11.5 Å². The molecule has 46 heavy (non-hydrogen) atoms. The van der Waals surface area contributed by atoms with Crippen LogP contribution in [-0.4, -0.2) is 45.8 Å². The molecule has 242 valence electrons. The molecule has 0 radical (unpaired) electrons. The summed E-state index contributed by atoms with van der Waals surface area (Å²) in [4.78, 5) is 10.5. The second kappa shape index (κ2) is 11.5. The number of ether oxygens (including phenoxy) is 3. The Kier molecular flexibility index (Phi) is 7.72. The van der Waals surface area contributed by atoms with Gasteiger partial charge >= 0.3 is 12.1 Å². The molecule has 2 aromatic carbocycles. The van der Waals surface area contributed by atoms with Crippen molar-refractivity contribution in [1.82, 2.24) is 20.0 Å². The first-order valence-electron chi connectivity index (χ1n) is 15.1. The minimum absolute atomic E-state index is 0.160. The van der Waals surface area contributed by atoms with E-state index in [-0.39, 0.29) is 22.9 Å². The van der Waals surface area contributed by atoms with Gasteiger partial charge in [0.15, 0.2) is 11.5 Å². The first-order valence-corrected chi connectivity index (χ1v) is 15.5. The number of rotatable bonds is 8. The van der Waals surface area contributed by atoms with Crippen LogP contribution in [0.4, 0.5) is 17.6 Å². The zero-order valence-corrected chi connectivity index (χ0v) is 25.9. The number of nitrogens with zero attached hydrogens (tertiary/aromatic N) is 4. The van der Waals surface area contributed by atoms with Gasteiger partial charge in [-0.25, -0.2) is 4.39 Å². The molecule has 8 nitrogen and oxygen atoms in total. The van der Waals surface area contributed by atoms with Crippen LogP contribution in [-0.2, 0) is 29.7 Å². The fraction of sp³-hybridized carbons (Fsp3) is 0.424. The number of aromatic nitrogens is 3. The zero-order valence-electron chi connectivity index (χ0n) is 25.2. The van der Waals surface area contributed by atoms with Gasteiger partial charge in [-0.15, -0.1) is 0 Å². The summed E-state index contributed by atoms with van der Waals surface area (Å²) in [6.07, 6.45) is 0.851. The Bertz CT molecular complexity index is 1770. The van der Waals surface area contributed by atoms with Crippen LogP contribution >= 0.6 is 11.6 Å². The van der Waals surface area contributed by atoms with E-state index in [9.17, 15) is 17.6 Å². The van der Waals surface area contributed by atoms with Crippen molar-refractivity contribution in [3.05, 3.63) is 87.8 Å². The molecule has 1 saturated carbocycles. The maximum Gasteiger partial charge on any atom is 0.471 e. The lowest BCUT2D eigenvalue weighted by Crippen LogP contribution is -2.34. The lowest BCUT2D eigenvalue weighted by Gasteiger charge is -2.33. The van der Waals surface area contributed by atoms with E-state index in [1.165, 1.54) is 12.3 Å². The summed E-state index contributed by atoms with van der Waals surface area (Å²) in [7, 11) is 1.67. The molecule has 2 fully saturated rings. The number of hydrogen-bond acceptors (Lipinski definition) is 8. The maximum absolute atomic E-state index is 14.8. The molecule has 1 atom stereocenters. The Labute approximate surface area is 267 Å². The van der Waals surface area contributed by atoms with Crippen molar-refractivity contribution in [2.24, 2.45) is 0 Å². The van der Waals surface area contributed by atoms with E-state index in [4.69, 9.17) is 25.8 Å². The van der Waals surface area contributed by atoms with Crippen LogP contribution in [0, 0.1) is 5.82 Å². The minimum Gasteiger partial charge on any atom is -0.444 e. The number of pyridine rings is 1. The number of benzene rings is 2. The fourth-order valence-corrected chi connectivity index (χ4v) is 6.56. The molecule has 4 aromatic rings. The van der Waals surface area contributed by atoms with Crippen molar-refractivity contribution < 1.29 is 36.3 Å². The van der Waals surface area contributed by atoms with Gasteiger partial charge in [0.25, 0.3) is 5.79 Å². The molecule has 4 heterocycles. The summed E-state index contributed by atoms with van der Waals surface area (Å²) in [6, 6.07) is 12.0. The third-order valence-electron chi connectivity index (χ3n) is 9.17. The number of methoxy groups -OCH3 is 1. The van der Waals surface area contributed by atoms with Crippen LogP contribution in [0.3, 0.4) is 0 Å². The number of piperidine rings is 1. The normalized spacial score (nSPS) is 21.1. The summed E-state index contributed by atoms with van der Waals surface area (Å²) in [5, 5.41) is 3.83. The van der Waals surface area contributed by atoms with Gasteiger partial charge in [-0.1, -0.05) is 28.9 Å². The maximum atomic E-state index is 14.8. The van der Waals surface area contributed by atoms with Crippen LogP contribution in [0.15, 0.2) is 53.2 Å². The summed E-state index contributed by atoms with van der Waals surface area (Å²) < 4.78 is 76.7. The van der Waals surface area contributed by atoms with E-state index < -0.39 is 23.7 Å². The van der Waals surface area contributed by atoms with E-state index in [2.05, 4.69) is 24.5 Å². The van der Waals surface area contributed by atoms with Crippen molar-refractivity contribution >= 4 is 11.6 Å². The lowest BCUT2D eigenvalue weighted by molar-refractivity contribution is -0.159. The van der Waals surface area contributed by atoms with Crippen LogP contribution < -0.4 is 9.47 Å². The first kappa shape index (κ1) is 30.9. The average Bonchev–Trinajstić information content (AvgIpc) is 3.42. The van der Waals surface area contributed by atoms with Crippen LogP contribution in [0.2, 0.25) is 5.02 Å². The van der Waals surface area contributed by atoms with Crippen molar-refractivity contribution in [2.45, 2.75) is 69.1 Å². The molecule has 0 unspecified atom stereocenters. The van der Waals surface area contributed by atoms with Crippen molar-refractivity contribution in [2.75, 3.05) is 20.2 Å². The Balaban J connectivity index is 1.06. The number of fused-ring (bicyclic) bond motifs is 1. The molecule has 0 N–H and O–H groups in total. The Morgan fingerprint density at radius 2 is 1.87 bits per heavy atom. The minimum atomic E-state index is -4.73. The SMILES string of the molecule is COC1(Cc2cc(-c3noc(C(F)(F)F)n3)cnc2CN2CCC(c3cccc4c3O[C@@](C)(c3ccc(Cl)cc3F)O4)CC2)CC1. The van der Waals surface area contributed by atoms with Gasteiger partial charge in [0.2, 0.25) is 5.82 Å². The lowest BCUT2D eigenvalue weighted by atomic mass is 9.88. The van der Waals surface area contributed by atoms with E-state index in [1.807, 2.05) is 18.2 Å². The van der Waals surface area contributed by atoms with Crippen molar-refractivity contribution in [3.8, 4) is 22.9 Å². The van der Waals surface area contributed by atoms with Crippen molar-refractivity contribution in [1.29, 1.82) is 0 Å². The zero-order chi connectivity index (χ0) is 32.3. The third-order valence-corrected chi connectivity index (χ3v) is 9.41. The Morgan fingerprint density at radius 3 is 2.54 bits per heavy atom. The molecular formula is C33H31ClF4N4O4. The number of para-hydroxylation sites is 1. The summed E-state index contributed by atoms with van der Waals surface area (Å²) >= 11 is 5.96. The molecule has 0 amide bonds. The van der Waals surface area contributed by atoms with Gasteiger partial charge < -0.3 is 18.7 Å². The highest BCUT2D eigenvalue weighted by Crippen LogP contribution is 2.50. The van der Waals surface area contributed by atoms with E-state index in [0.717, 1.165) is 55.6 Å². The highest BCUT2D eigenvalue weighted by Gasteiger charge is 2.45. The summed E-state index contributed by atoms with van der Waals surface area (Å²) in [5.41, 5.74) is 3.07. The van der Waals surface area contributed by atoms with Crippen LogP contribution in [0.1, 0.15) is 66.8 Å². The van der Waals surface area contributed by atoms with Gasteiger partial charge in [0, 0.05) is 49.3 Å². The molecule has 2 aromatic heterocycles. The number of likely N-dealkylation sites (tertiary alicyclic amines) is 1. The molecule has 0 spiro atoms. The number of hydrogen-bond donors (Lipinski definition) is 0. The van der Waals surface area contributed by atoms with E-state index in [0.29, 0.717) is 35.1 Å². The topological polar surface area (TPSA) is 82.7 Å². The molecule has 7 rings (SSSR count). The Hall–Kier alpha value is -3.74. The molecule has 13 heteroatoms. The molecule has 3 aliphatic rings.